The minimum Gasteiger partial charge on any atom is -0.462 e. The lowest BCUT2D eigenvalue weighted by molar-refractivity contribution is -0.161. The molecule has 6 atom stereocenters. The molecular weight excluding hydrogens is 1290 g/mol. The Morgan fingerprint density at radius 1 is 0.283 bits per heavy atom. The monoisotopic (exact) mass is 1450 g/mol. The molecule has 0 heterocycles. The third-order valence-electron chi connectivity index (χ3n) is 19.1. The van der Waals surface area contributed by atoms with E-state index in [-0.39, 0.29) is 25.7 Å². The van der Waals surface area contributed by atoms with E-state index < -0.39 is 97.5 Å². The predicted octanol–water partition coefficient (Wildman–Crippen LogP) is 24.0. The van der Waals surface area contributed by atoms with Crippen molar-refractivity contribution in [1.82, 2.24) is 0 Å². The molecule has 0 aliphatic heterocycles. The van der Waals surface area contributed by atoms with Gasteiger partial charge in [-0.15, -0.1) is 0 Å². The molecule has 17 nitrogen and oxygen atoms in total. The summed E-state index contributed by atoms with van der Waals surface area (Å²) in [6, 6.07) is 0. The number of carbonyl (C=O) groups is 4. The first kappa shape index (κ1) is 97.1. The smallest absolute Gasteiger partial charge is 0.462 e. The van der Waals surface area contributed by atoms with Gasteiger partial charge in [0.25, 0.3) is 0 Å². The van der Waals surface area contributed by atoms with Gasteiger partial charge in [0.05, 0.1) is 26.4 Å². The lowest BCUT2D eigenvalue weighted by Crippen LogP contribution is -2.30. The van der Waals surface area contributed by atoms with E-state index in [9.17, 15) is 43.2 Å². The van der Waals surface area contributed by atoms with Crippen LogP contribution in [-0.2, 0) is 65.4 Å². The van der Waals surface area contributed by atoms with Crippen LogP contribution in [0.15, 0.2) is 0 Å². The molecule has 99 heavy (non-hydrogen) atoms. The summed E-state index contributed by atoms with van der Waals surface area (Å²) < 4.78 is 68.7. The van der Waals surface area contributed by atoms with Gasteiger partial charge in [0.2, 0.25) is 0 Å². The highest BCUT2D eigenvalue weighted by molar-refractivity contribution is 7.47. The van der Waals surface area contributed by atoms with E-state index in [2.05, 4.69) is 34.6 Å². The third kappa shape index (κ3) is 72.8. The summed E-state index contributed by atoms with van der Waals surface area (Å²) in [5.41, 5.74) is 0. The minimum absolute atomic E-state index is 0.108. The molecule has 0 aromatic heterocycles. The van der Waals surface area contributed by atoms with Gasteiger partial charge >= 0.3 is 39.5 Å². The highest BCUT2D eigenvalue weighted by Gasteiger charge is 2.30. The summed E-state index contributed by atoms with van der Waals surface area (Å²) >= 11 is 0. The average molecular weight is 1450 g/mol. The van der Waals surface area contributed by atoms with E-state index in [4.69, 9.17) is 37.0 Å². The van der Waals surface area contributed by atoms with Crippen LogP contribution in [0, 0.1) is 5.92 Å². The molecule has 0 rings (SSSR count). The average Bonchev–Trinajstić information content (AvgIpc) is 1.07. The molecule has 0 spiro atoms. The predicted molar refractivity (Wildman–Crippen MR) is 405 cm³/mol. The van der Waals surface area contributed by atoms with Gasteiger partial charge in [-0.25, -0.2) is 9.13 Å². The van der Waals surface area contributed by atoms with Crippen LogP contribution in [-0.4, -0.2) is 96.7 Å². The first-order chi connectivity index (χ1) is 48.1. The van der Waals surface area contributed by atoms with Gasteiger partial charge in [-0.05, 0) is 31.6 Å². The first-order valence-electron chi connectivity index (χ1n) is 41.7. The van der Waals surface area contributed by atoms with Crippen molar-refractivity contribution in [2.75, 3.05) is 39.6 Å². The molecule has 0 radical (unpaired) electrons. The molecule has 0 aromatic carbocycles. The third-order valence-corrected chi connectivity index (χ3v) is 21.0. The van der Waals surface area contributed by atoms with Crippen molar-refractivity contribution in [3.05, 3.63) is 0 Å². The van der Waals surface area contributed by atoms with Crippen molar-refractivity contribution in [2.45, 2.75) is 445 Å². The Balaban J connectivity index is 5.24. The quantitative estimate of drug-likeness (QED) is 0.0222. The second-order valence-corrected chi connectivity index (χ2v) is 32.0. The molecule has 3 N–H and O–H groups in total. The normalized spacial score (nSPS) is 14.1. The van der Waals surface area contributed by atoms with Gasteiger partial charge in [-0.1, -0.05) is 375 Å². The summed E-state index contributed by atoms with van der Waals surface area (Å²) in [7, 11) is -9.92. The van der Waals surface area contributed by atoms with Gasteiger partial charge in [0, 0.05) is 25.7 Å². The maximum absolute atomic E-state index is 13.1. The summed E-state index contributed by atoms with van der Waals surface area (Å²) in [4.78, 5) is 73.0. The molecule has 0 aromatic rings. The van der Waals surface area contributed by atoms with Crippen LogP contribution in [0.2, 0.25) is 0 Å². The highest BCUT2D eigenvalue weighted by atomic mass is 31.2. The van der Waals surface area contributed by atoms with E-state index in [1.54, 1.807) is 0 Å². The lowest BCUT2D eigenvalue weighted by Gasteiger charge is -2.21. The van der Waals surface area contributed by atoms with E-state index >= 15 is 0 Å². The van der Waals surface area contributed by atoms with Crippen molar-refractivity contribution in [1.29, 1.82) is 0 Å². The van der Waals surface area contributed by atoms with E-state index in [1.807, 2.05) is 0 Å². The van der Waals surface area contributed by atoms with Crippen LogP contribution in [0.1, 0.15) is 426 Å². The fraction of sp³-hybridized carbons (Fsp3) is 0.950. The summed E-state index contributed by atoms with van der Waals surface area (Å²) in [5.74, 6) is -1.26. The molecule has 0 saturated heterocycles. The Bertz CT molecular complexity index is 1890. The van der Waals surface area contributed by atoms with Gasteiger partial charge in [0.15, 0.2) is 12.2 Å². The number of phosphoric ester groups is 2. The summed E-state index contributed by atoms with van der Waals surface area (Å²) in [6.07, 6.45) is 63.6. The van der Waals surface area contributed by atoms with Crippen LogP contribution in [0.4, 0.5) is 0 Å². The van der Waals surface area contributed by atoms with E-state index in [0.717, 1.165) is 95.8 Å². The number of ether oxygens (including phenoxy) is 4. The molecule has 3 unspecified atom stereocenters. The Hall–Kier alpha value is -1.94. The van der Waals surface area contributed by atoms with Crippen molar-refractivity contribution in [3.8, 4) is 0 Å². The first-order valence-corrected chi connectivity index (χ1v) is 44.7. The fourth-order valence-electron chi connectivity index (χ4n) is 12.4. The second-order valence-electron chi connectivity index (χ2n) is 29.1. The number of aliphatic hydroxyl groups excluding tert-OH is 1. The number of hydrogen-bond donors (Lipinski definition) is 3. The second kappa shape index (κ2) is 73.0. The van der Waals surface area contributed by atoms with Gasteiger partial charge in [-0.2, -0.15) is 0 Å². The molecule has 0 saturated carbocycles. The summed E-state index contributed by atoms with van der Waals surface area (Å²) in [5, 5.41) is 10.6. The number of rotatable bonds is 80. The maximum atomic E-state index is 13.1. The standard InChI is InChI=1S/C80H156O17P2/c1-6-10-13-16-19-22-25-27-28-29-30-31-35-40-44-49-54-59-64-78(83)91-70-76(97-80(85)66-61-56-51-46-41-36-33-32-34-38-42-47-52-57-62-73(5)9-4)72-95-99(88,89)93-68-74(81)67-92-98(86,87)94-71-75(69-90-77(82)63-58-53-48-43-37-24-21-18-15-12-8-3)96-79(84)65-60-55-50-45-39-26-23-20-17-14-11-7-2/h73-76,81H,6-72H2,1-5H3,(H,86,87)(H,88,89)/t73?,74-,75+,76+/m0/s1. The van der Waals surface area contributed by atoms with Gasteiger partial charge in [-0.3, -0.25) is 37.3 Å². The lowest BCUT2D eigenvalue weighted by atomic mass is 9.99. The zero-order valence-electron chi connectivity index (χ0n) is 64.6. The zero-order chi connectivity index (χ0) is 72.7. The fourth-order valence-corrected chi connectivity index (χ4v) is 14.0. The van der Waals surface area contributed by atoms with Crippen LogP contribution in [0.25, 0.3) is 0 Å². The van der Waals surface area contributed by atoms with Crippen molar-refractivity contribution >= 4 is 39.5 Å². The number of unbranched alkanes of at least 4 members (excludes halogenated alkanes) is 51. The van der Waals surface area contributed by atoms with Crippen LogP contribution in [0.3, 0.4) is 0 Å². The van der Waals surface area contributed by atoms with Gasteiger partial charge < -0.3 is 33.8 Å². The number of phosphoric acid groups is 2. The molecule has 588 valence electrons. The van der Waals surface area contributed by atoms with Crippen molar-refractivity contribution in [3.63, 3.8) is 0 Å². The Morgan fingerprint density at radius 3 is 0.717 bits per heavy atom. The number of carbonyl (C=O) groups excluding carboxylic acids is 4. The largest absolute Gasteiger partial charge is 0.472 e. The minimum atomic E-state index is -4.96. The van der Waals surface area contributed by atoms with Crippen molar-refractivity contribution < 1.29 is 80.2 Å². The highest BCUT2D eigenvalue weighted by Crippen LogP contribution is 2.45. The van der Waals surface area contributed by atoms with Gasteiger partial charge in [0.1, 0.15) is 19.3 Å². The molecule has 0 fully saturated rings. The Morgan fingerprint density at radius 2 is 0.485 bits per heavy atom. The zero-order valence-corrected chi connectivity index (χ0v) is 66.4. The summed E-state index contributed by atoms with van der Waals surface area (Å²) in [6.45, 7) is 7.38. The van der Waals surface area contributed by atoms with Crippen LogP contribution in [0.5, 0.6) is 0 Å². The number of hydrogen-bond acceptors (Lipinski definition) is 15. The topological polar surface area (TPSA) is 237 Å². The SMILES string of the molecule is CCCCCCCCCCCCCCCCCCCCC(=O)OC[C@H](COP(=O)(O)OC[C@@H](O)COP(=O)(O)OC[C@@H](COC(=O)CCCCCCCCCCCCC)OC(=O)CCCCCCCCCCCCCC)OC(=O)CCCCCCCCCCCCCCCCC(C)CC. The number of aliphatic hydroxyl groups is 1. The van der Waals surface area contributed by atoms with E-state index in [1.165, 1.54) is 250 Å². The van der Waals surface area contributed by atoms with Crippen LogP contribution < -0.4 is 0 Å². The Labute approximate surface area is 607 Å². The van der Waals surface area contributed by atoms with E-state index in [0.29, 0.717) is 25.7 Å². The van der Waals surface area contributed by atoms with Crippen LogP contribution >= 0.6 is 15.6 Å². The molecule has 0 aliphatic rings. The molecule has 19 heteroatoms. The molecule has 0 amide bonds. The molecule has 0 bridgehead atoms. The molecular formula is C80H156O17P2. The maximum Gasteiger partial charge on any atom is 0.472 e. The Kier molecular flexibility index (Phi) is 71.6. The van der Waals surface area contributed by atoms with Crippen molar-refractivity contribution in [2.24, 2.45) is 5.92 Å². The number of esters is 4. The molecule has 0 aliphatic carbocycles.